The third-order valence-electron chi connectivity index (χ3n) is 5.27. The van der Waals surface area contributed by atoms with Gasteiger partial charge in [0.25, 0.3) is 5.91 Å². The van der Waals surface area contributed by atoms with Crippen molar-refractivity contribution in [3.05, 3.63) is 100 Å². The number of urea groups is 1. The first kappa shape index (κ1) is 23.0. The molecule has 4 rings (SSSR count). The van der Waals surface area contributed by atoms with Crippen molar-refractivity contribution >= 4 is 18.0 Å². The van der Waals surface area contributed by atoms with Gasteiger partial charge in [0.1, 0.15) is 18.1 Å². The van der Waals surface area contributed by atoms with Gasteiger partial charge in [0.15, 0.2) is 11.5 Å². The molecule has 0 atom stereocenters. The van der Waals surface area contributed by atoms with Crippen LogP contribution in [0, 0.1) is 12.7 Å². The number of imide groups is 1. The van der Waals surface area contributed by atoms with E-state index in [1.54, 1.807) is 36.4 Å². The fourth-order valence-electron chi connectivity index (χ4n) is 3.62. The van der Waals surface area contributed by atoms with E-state index in [2.05, 4.69) is 5.32 Å². The van der Waals surface area contributed by atoms with Crippen LogP contribution in [-0.2, 0) is 17.9 Å². The average molecular weight is 461 g/mol. The maximum Gasteiger partial charge on any atom is 0.329 e. The second-order valence-corrected chi connectivity index (χ2v) is 7.92. The quantitative estimate of drug-likeness (QED) is 0.370. The number of carbonyl (C=O) groups excluding carboxylic acids is 2. The highest BCUT2D eigenvalue weighted by Crippen LogP contribution is 2.30. The molecule has 1 aliphatic rings. The van der Waals surface area contributed by atoms with Crippen molar-refractivity contribution in [1.82, 2.24) is 10.2 Å². The highest BCUT2D eigenvalue weighted by Gasteiger charge is 2.33. The number of carbonyl (C=O) groups is 2. The SMILES string of the molecule is CCOc1cc(/C=C2/NC(=O)N(Cc3cccc(C)c3)C2=O)ccc1OCc1ccc(F)cc1. The number of benzene rings is 3. The normalized spacial score (nSPS) is 14.4. The van der Waals surface area contributed by atoms with Crippen molar-refractivity contribution in [2.75, 3.05) is 6.61 Å². The Morgan fingerprint density at radius 1 is 0.941 bits per heavy atom. The van der Waals surface area contributed by atoms with Gasteiger partial charge in [0, 0.05) is 0 Å². The smallest absolute Gasteiger partial charge is 0.329 e. The van der Waals surface area contributed by atoms with Gasteiger partial charge in [0.2, 0.25) is 0 Å². The molecule has 0 aliphatic carbocycles. The average Bonchev–Trinajstić information content (AvgIpc) is 3.07. The summed E-state index contributed by atoms with van der Waals surface area (Å²) in [5.74, 6) is 0.340. The van der Waals surface area contributed by atoms with E-state index in [1.165, 1.54) is 17.0 Å². The molecule has 0 unspecified atom stereocenters. The summed E-state index contributed by atoms with van der Waals surface area (Å²) in [4.78, 5) is 26.5. The van der Waals surface area contributed by atoms with Gasteiger partial charge in [-0.25, -0.2) is 9.18 Å². The predicted molar refractivity (Wildman–Crippen MR) is 127 cm³/mol. The fourth-order valence-corrected chi connectivity index (χ4v) is 3.62. The molecule has 3 aromatic rings. The van der Waals surface area contributed by atoms with E-state index in [1.807, 2.05) is 38.1 Å². The molecule has 174 valence electrons. The number of amides is 3. The largest absolute Gasteiger partial charge is 0.490 e. The van der Waals surface area contributed by atoms with E-state index in [-0.39, 0.29) is 30.6 Å². The van der Waals surface area contributed by atoms with E-state index < -0.39 is 6.03 Å². The van der Waals surface area contributed by atoms with Gasteiger partial charge >= 0.3 is 6.03 Å². The summed E-state index contributed by atoms with van der Waals surface area (Å²) in [7, 11) is 0. The maximum atomic E-state index is 13.1. The summed E-state index contributed by atoms with van der Waals surface area (Å²) in [6.07, 6.45) is 1.61. The highest BCUT2D eigenvalue weighted by atomic mass is 19.1. The Balaban J connectivity index is 1.50. The lowest BCUT2D eigenvalue weighted by Gasteiger charge is -2.13. The molecule has 34 heavy (non-hydrogen) atoms. The predicted octanol–water partition coefficient (Wildman–Crippen LogP) is 5.20. The van der Waals surface area contributed by atoms with Gasteiger partial charge in [-0.05, 0) is 60.9 Å². The molecule has 3 aromatic carbocycles. The molecule has 0 saturated carbocycles. The summed E-state index contributed by atoms with van der Waals surface area (Å²) in [6, 6.07) is 18.6. The van der Waals surface area contributed by atoms with Crippen LogP contribution in [0.3, 0.4) is 0 Å². The lowest BCUT2D eigenvalue weighted by Crippen LogP contribution is -2.30. The van der Waals surface area contributed by atoms with Crippen LogP contribution < -0.4 is 14.8 Å². The molecule has 1 aliphatic heterocycles. The molecule has 3 amide bonds. The monoisotopic (exact) mass is 460 g/mol. The number of hydrogen-bond acceptors (Lipinski definition) is 4. The number of hydrogen-bond donors (Lipinski definition) is 1. The van der Waals surface area contributed by atoms with Crippen LogP contribution in [-0.4, -0.2) is 23.4 Å². The summed E-state index contributed by atoms with van der Waals surface area (Å²) in [5, 5.41) is 2.65. The van der Waals surface area contributed by atoms with Crippen LogP contribution in [0.1, 0.15) is 29.2 Å². The van der Waals surface area contributed by atoms with Crippen LogP contribution in [0.5, 0.6) is 11.5 Å². The zero-order valence-electron chi connectivity index (χ0n) is 19.0. The van der Waals surface area contributed by atoms with Crippen molar-refractivity contribution in [2.45, 2.75) is 27.0 Å². The third kappa shape index (κ3) is 5.43. The second-order valence-electron chi connectivity index (χ2n) is 7.92. The first-order valence-electron chi connectivity index (χ1n) is 11.0. The minimum Gasteiger partial charge on any atom is -0.490 e. The Kier molecular flexibility index (Phi) is 6.92. The van der Waals surface area contributed by atoms with Crippen LogP contribution in [0.2, 0.25) is 0 Å². The lowest BCUT2D eigenvalue weighted by atomic mass is 10.1. The van der Waals surface area contributed by atoms with Crippen LogP contribution in [0.15, 0.2) is 72.4 Å². The number of rotatable bonds is 8. The zero-order chi connectivity index (χ0) is 24.1. The Morgan fingerprint density at radius 3 is 2.47 bits per heavy atom. The molecule has 0 spiro atoms. The van der Waals surface area contributed by atoms with E-state index in [0.29, 0.717) is 23.7 Å². The standard InChI is InChI=1S/C27H25FN2O4/c1-3-33-25-15-20(9-12-24(25)34-17-19-7-10-22(28)11-8-19)14-23-26(31)30(27(32)29-23)16-21-6-4-5-18(2)13-21/h4-15H,3,16-17H2,1-2H3,(H,29,32)/b23-14+. The number of nitrogens with zero attached hydrogens (tertiary/aromatic N) is 1. The Hall–Kier alpha value is -4.13. The van der Waals surface area contributed by atoms with Crippen LogP contribution >= 0.6 is 0 Å². The summed E-state index contributed by atoms with van der Waals surface area (Å²) in [5.41, 5.74) is 3.64. The topological polar surface area (TPSA) is 67.9 Å². The molecule has 1 saturated heterocycles. The molecule has 1 heterocycles. The van der Waals surface area contributed by atoms with Gasteiger partial charge in [-0.3, -0.25) is 9.69 Å². The van der Waals surface area contributed by atoms with Crippen molar-refractivity contribution in [2.24, 2.45) is 0 Å². The van der Waals surface area contributed by atoms with Crippen LogP contribution in [0.25, 0.3) is 6.08 Å². The number of ether oxygens (including phenoxy) is 2. The molecule has 1 N–H and O–H groups in total. The first-order chi connectivity index (χ1) is 16.4. The Morgan fingerprint density at radius 2 is 1.74 bits per heavy atom. The van der Waals surface area contributed by atoms with Crippen molar-refractivity contribution < 1.29 is 23.5 Å². The van der Waals surface area contributed by atoms with Gasteiger partial charge in [-0.15, -0.1) is 0 Å². The lowest BCUT2D eigenvalue weighted by molar-refractivity contribution is -0.123. The minimum absolute atomic E-state index is 0.195. The van der Waals surface area contributed by atoms with Gasteiger partial charge in [-0.1, -0.05) is 48.0 Å². The van der Waals surface area contributed by atoms with E-state index in [9.17, 15) is 14.0 Å². The highest BCUT2D eigenvalue weighted by molar-refractivity contribution is 6.13. The minimum atomic E-state index is -0.456. The van der Waals surface area contributed by atoms with E-state index in [4.69, 9.17) is 9.47 Å². The maximum absolute atomic E-state index is 13.1. The molecular formula is C27H25FN2O4. The van der Waals surface area contributed by atoms with Crippen molar-refractivity contribution in [3.8, 4) is 11.5 Å². The molecule has 1 fully saturated rings. The van der Waals surface area contributed by atoms with Crippen molar-refractivity contribution in [1.29, 1.82) is 0 Å². The molecule has 7 heteroatoms. The van der Waals surface area contributed by atoms with Crippen LogP contribution in [0.4, 0.5) is 9.18 Å². The number of nitrogens with one attached hydrogen (secondary N) is 1. The number of halogens is 1. The zero-order valence-corrected chi connectivity index (χ0v) is 19.0. The van der Waals surface area contributed by atoms with Gasteiger partial charge < -0.3 is 14.8 Å². The summed E-state index contributed by atoms with van der Waals surface area (Å²) < 4.78 is 24.7. The molecular weight excluding hydrogens is 435 g/mol. The van der Waals surface area contributed by atoms with Gasteiger partial charge in [-0.2, -0.15) is 0 Å². The van der Waals surface area contributed by atoms with Crippen molar-refractivity contribution in [3.63, 3.8) is 0 Å². The summed E-state index contributed by atoms with van der Waals surface area (Å²) >= 11 is 0. The first-order valence-corrected chi connectivity index (χ1v) is 11.0. The third-order valence-corrected chi connectivity index (χ3v) is 5.27. The summed E-state index contributed by atoms with van der Waals surface area (Å²) in [6.45, 7) is 4.70. The van der Waals surface area contributed by atoms with E-state index >= 15 is 0 Å². The molecule has 0 aromatic heterocycles. The molecule has 0 bridgehead atoms. The molecule has 6 nitrogen and oxygen atoms in total. The fraction of sp³-hybridized carbons (Fsp3) is 0.185. The number of aryl methyl sites for hydroxylation is 1. The van der Waals surface area contributed by atoms with E-state index in [0.717, 1.165) is 16.7 Å². The second kappa shape index (κ2) is 10.2. The van der Waals surface area contributed by atoms with Gasteiger partial charge in [0.05, 0.1) is 13.2 Å². The Labute approximate surface area is 197 Å². The Bertz CT molecular complexity index is 1240. The molecule has 0 radical (unpaired) electrons.